The molecule has 0 aliphatic rings. The van der Waals surface area contributed by atoms with E-state index < -0.39 is 11.7 Å². The number of aliphatic hydroxyl groups excluding tert-OH is 1. The fourth-order valence-corrected chi connectivity index (χ4v) is 0.820. The molecule has 0 aromatic heterocycles. The number of hydrogen-bond acceptors (Lipinski definition) is 2. The van der Waals surface area contributed by atoms with Gasteiger partial charge < -0.3 is 10.2 Å². The predicted octanol–water partition coefficient (Wildman–Crippen LogP) is 1.31. The molecule has 62 valence electrons. The summed E-state index contributed by atoms with van der Waals surface area (Å²) < 4.78 is 0. The molecule has 2 nitrogen and oxygen atoms in total. The van der Waals surface area contributed by atoms with Crippen molar-refractivity contribution in [3.05, 3.63) is 0 Å². The zero-order valence-electron chi connectivity index (χ0n) is 7.09. The first-order chi connectivity index (χ1) is 4.54. The molecule has 0 heterocycles. The van der Waals surface area contributed by atoms with Crippen LogP contribution in [0.15, 0.2) is 0 Å². The van der Waals surface area contributed by atoms with Crippen LogP contribution in [0, 0.1) is 0 Å². The number of hydrogen-bond donors (Lipinski definition) is 2. The Labute approximate surface area is 62.9 Å². The molecule has 2 heteroatoms. The van der Waals surface area contributed by atoms with Crippen LogP contribution in [0.1, 0.15) is 40.0 Å². The Morgan fingerprint density at radius 3 is 2.20 bits per heavy atom. The average Bonchev–Trinajstić information content (AvgIpc) is 1.89. The van der Waals surface area contributed by atoms with Crippen LogP contribution in [0.3, 0.4) is 0 Å². The average molecular weight is 146 g/mol. The highest BCUT2D eigenvalue weighted by Gasteiger charge is 2.26. The van der Waals surface area contributed by atoms with Gasteiger partial charge in [0, 0.05) is 0 Å². The smallest absolute Gasteiger partial charge is 0.0874 e. The van der Waals surface area contributed by atoms with E-state index in [1.54, 1.807) is 6.92 Å². The van der Waals surface area contributed by atoms with Crippen LogP contribution in [0.25, 0.3) is 0 Å². The molecule has 2 N–H and O–H groups in total. The van der Waals surface area contributed by atoms with Crippen LogP contribution in [0.4, 0.5) is 0 Å². The minimum Gasteiger partial charge on any atom is -0.390 e. The van der Waals surface area contributed by atoms with Gasteiger partial charge in [0.25, 0.3) is 0 Å². The fraction of sp³-hybridized carbons (Fsp3) is 1.00. The summed E-state index contributed by atoms with van der Waals surface area (Å²) in [5, 5.41) is 18.8. The molecule has 0 amide bonds. The van der Waals surface area contributed by atoms with E-state index in [4.69, 9.17) is 0 Å². The SMILES string of the molecule is CCCC(O)[C@@](C)(O)CC. The Morgan fingerprint density at radius 2 is 1.90 bits per heavy atom. The molecule has 0 rings (SSSR count). The summed E-state index contributed by atoms with van der Waals surface area (Å²) in [7, 11) is 0. The molecule has 0 fully saturated rings. The fourth-order valence-electron chi connectivity index (χ4n) is 0.820. The molecule has 0 aromatic rings. The summed E-state index contributed by atoms with van der Waals surface area (Å²) in [6, 6.07) is 0. The second-order valence-corrected chi connectivity index (χ2v) is 3.02. The predicted molar refractivity (Wildman–Crippen MR) is 41.8 cm³/mol. The molecule has 0 bridgehead atoms. The van der Waals surface area contributed by atoms with E-state index in [0.29, 0.717) is 12.8 Å². The van der Waals surface area contributed by atoms with Gasteiger partial charge in [0.2, 0.25) is 0 Å². The second kappa shape index (κ2) is 3.94. The molecule has 0 aromatic carbocycles. The molecule has 1 unspecified atom stereocenters. The van der Waals surface area contributed by atoms with Crippen molar-refractivity contribution >= 4 is 0 Å². The summed E-state index contributed by atoms with van der Waals surface area (Å²) in [5.74, 6) is 0. The van der Waals surface area contributed by atoms with Gasteiger partial charge in [-0.25, -0.2) is 0 Å². The molecule has 0 aliphatic carbocycles. The van der Waals surface area contributed by atoms with Crippen molar-refractivity contribution in [2.24, 2.45) is 0 Å². The maximum absolute atomic E-state index is 9.47. The Bertz CT molecular complexity index is 89.3. The van der Waals surface area contributed by atoms with Crippen LogP contribution in [-0.4, -0.2) is 21.9 Å². The third-order valence-corrected chi connectivity index (χ3v) is 2.00. The van der Waals surface area contributed by atoms with Crippen LogP contribution < -0.4 is 0 Å². The Morgan fingerprint density at radius 1 is 1.40 bits per heavy atom. The molecular formula is C8H18O2. The van der Waals surface area contributed by atoms with Crippen molar-refractivity contribution < 1.29 is 10.2 Å². The zero-order valence-corrected chi connectivity index (χ0v) is 7.09. The Balaban J connectivity index is 3.78. The maximum atomic E-state index is 9.47. The highest BCUT2D eigenvalue weighted by molar-refractivity contribution is 4.79. The molecule has 0 saturated carbocycles. The van der Waals surface area contributed by atoms with E-state index in [1.165, 1.54) is 0 Å². The van der Waals surface area contributed by atoms with Gasteiger partial charge >= 0.3 is 0 Å². The van der Waals surface area contributed by atoms with Crippen LogP contribution in [0.5, 0.6) is 0 Å². The molecule has 0 saturated heterocycles. The standard InChI is InChI=1S/C8H18O2/c1-4-6-7(9)8(3,10)5-2/h7,9-10H,4-6H2,1-3H3/t7?,8-/m0/s1. The van der Waals surface area contributed by atoms with E-state index in [2.05, 4.69) is 0 Å². The van der Waals surface area contributed by atoms with E-state index in [0.717, 1.165) is 6.42 Å². The third kappa shape index (κ3) is 2.67. The largest absolute Gasteiger partial charge is 0.390 e. The first-order valence-corrected chi connectivity index (χ1v) is 3.95. The quantitative estimate of drug-likeness (QED) is 0.627. The van der Waals surface area contributed by atoms with Gasteiger partial charge in [0.1, 0.15) is 0 Å². The normalized spacial score (nSPS) is 20.1. The van der Waals surface area contributed by atoms with Crippen LogP contribution in [-0.2, 0) is 0 Å². The summed E-state index contributed by atoms with van der Waals surface area (Å²) in [6.07, 6.45) is 1.63. The van der Waals surface area contributed by atoms with Crippen LogP contribution in [0.2, 0.25) is 0 Å². The minimum absolute atomic E-state index is 0.567. The lowest BCUT2D eigenvalue weighted by molar-refractivity contribution is -0.0671. The van der Waals surface area contributed by atoms with Crippen molar-refractivity contribution in [3.8, 4) is 0 Å². The van der Waals surface area contributed by atoms with Gasteiger partial charge in [-0.15, -0.1) is 0 Å². The molecule has 2 atom stereocenters. The molecule has 0 aliphatic heterocycles. The van der Waals surface area contributed by atoms with Gasteiger partial charge in [-0.1, -0.05) is 20.3 Å². The Kier molecular flexibility index (Phi) is 3.91. The van der Waals surface area contributed by atoms with E-state index >= 15 is 0 Å². The van der Waals surface area contributed by atoms with Gasteiger partial charge in [-0.3, -0.25) is 0 Å². The lowest BCUT2D eigenvalue weighted by atomic mass is 9.93. The third-order valence-electron chi connectivity index (χ3n) is 2.00. The highest BCUT2D eigenvalue weighted by Crippen LogP contribution is 2.17. The zero-order chi connectivity index (χ0) is 8.20. The van der Waals surface area contributed by atoms with Crippen molar-refractivity contribution in [1.29, 1.82) is 0 Å². The summed E-state index contributed by atoms with van der Waals surface area (Å²) >= 11 is 0. The lowest BCUT2D eigenvalue weighted by Crippen LogP contribution is -2.38. The second-order valence-electron chi connectivity index (χ2n) is 3.02. The Hall–Kier alpha value is -0.0800. The van der Waals surface area contributed by atoms with Gasteiger partial charge in [-0.05, 0) is 19.8 Å². The van der Waals surface area contributed by atoms with Crippen LogP contribution >= 0.6 is 0 Å². The first-order valence-electron chi connectivity index (χ1n) is 3.95. The molecule has 10 heavy (non-hydrogen) atoms. The van der Waals surface area contributed by atoms with Crippen molar-refractivity contribution in [2.75, 3.05) is 0 Å². The monoisotopic (exact) mass is 146 g/mol. The van der Waals surface area contributed by atoms with Crippen molar-refractivity contribution in [3.63, 3.8) is 0 Å². The number of aliphatic hydroxyl groups is 2. The molecule has 0 spiro atoms. The highest BCUT2D eigenvalue weighted by atomic mass is 16.3. The summed E-state index contributed by atoms with van der Waals surface area (Å²) in [6.45, 7) is 5.54. The summed E-state index contributed by atoms with van der Waals surface area (Å²) in [4.78, 5) is 0. The molecular weight excluding hydrogens is 128 g/mol. The van der Waals surface area contributed by atoms with Gasteiger partial charge in [0.15, 0.2) is 0 Å². The minimum atomic E-state index is -0.893. The van der Waals surface area contributed by atoms with E-state index in [-0.39, 0.29) is 0 Å². The van der Waals surface area contributed by atoms with Gasteiger partial charge in [0.05, 0.1) is 11.7 Å². The summed E-state index contributed by atoms with van der Waals surface area (Å²) in [5.41, 5.74) is -0.893. The van der Waals surface area contributed by atoms with Crippen molar-refractivity contribution in [1.82, 2.24) is 0 Å². The lowest BCUT2D eigenvalue weighted by Gasteiger charge is -2.27. The number of rotatable bonds is 4. The van der Waals surface area contributed by atoms with Gasteiger partial charge in [-0.2, -0.15) is 0 Å². The topological polar surface area (TPSA) is 40.5 Å². The van der Waals surface area contributed by atoms with E-state index in [1.807, 2.05) is 13.8 Å². The molecule has 0 radical (unpaired) electrons. The van der Waals surface area contributed by atoms with E-state index in [9.17, 15) is 10.2 Å². The maximum Gasteiger partial charge on any atom is 0.0874 e. The van der Waals surface area contributed by atoms with Crippen molar-refractivity contribution in [2.45, 2.75) is 51.7 Å². The first kappa shape index (κ1) is 9.92.